The zero-order valence-electron chi connectivity index (χ0n) is 16.3. The van der Waals surface area contributed by atoms with Crippen LogP contribution in [0.2, 0.25) is 0 Å². The van der Waals surface area contributed by atoms with Crippen molar-refractivity contribution in [2.75, 3.05) is 0 Å². The number of allylic oxidation sites excluding steroid dienone is 1. The summed E-state index contributed by atoms with van der Waals surface area (Å²) in [6, 6.07) is 24.5. The summed E-state index contributed by atoms with van der Waals surface area (Å²) in [5.41, 5.74) is 10.8. The number of fused-ring (bicyclic) bond motifs is 9. The molecule has 134 valence electrons. The zero-order chi connectivity index (χ0) is 19.0. The molecule has 0 fully saturated rings. The highest BCUT2D eigenvalue weighted by atomic mass is 15.0. The van der Waals surface area contributed by atoms with Gasteiger partial charge in [0.25, 0.3) is 0 Å². The second kappa shape index (κ2) is 5.20. The van der Waals surface area contributed by atoms with Gasteiger partial charge in [0.05, 0.1) is 12.0 Å². The minimum Gasteiger partial charge on any atom is -0.164 e. The minimum atomic E-state index is -0.0524. The molecular weight excluding hydrogens is 338 g/mol. The Morgan fingerprint density at radius 3 is 2.46 bits per heavy atom. The van der Waals surface area contributed by atoms with Gasteiger partial charge in [-0.1, -0.05) is 62.4 Å². The minimum absolute atomic E-state index is 0.0524. The molecule has 0 atom stereocenters. The van der Waals surface area contributed by atoms with Crippen LogP contribution in [0.4, 0.5) is 0 Å². The molecule has 1 aliphatic carbocycles. The first-order valence-electron chi connectivity index (χ1n) is 9.95. The maximum atomic E-state index is 4.33. The summed E-state index contributed by atoms with van der Waals surface area (Å²) >= 11 is 0. The van der Waals surface area contributed by atoms with Crippen molar-refractivity contribution in [2.24, 2.45) is 0 Å². The van der Waals surface area contributed by atoms with E-state index in [1.165, 1.54) is 49.8 Å². The normalized spacial score (nSPS) is 15.7. The van der Waals surface area contributed by atoms with Gasteiger partial charge in [0.2, 0.25) is 5.69 Å². The van der Waals surface area contributed by atoms with Crippen LogP contribution in [-0.2, 0) is 11.8 Å². The SMILES string of the molecule is C=C1Cc2ccc3c(c2-c2cccc[n+]21)C(C)(C)c1c-3ccc2ccccc12. The Labute approximate surface area is 165 Å². The van der Waals surface area contributed by atoms with Crippen molar-refractivity contribution in [3.63, 3.8) is 0 Å². The van der Waals surface area contributed by atoms with E-state index in [9.17, 15) is 0 Å². The molecule has 1 aromatic heterocycles. The molecule has 1 aliphatic heterocycles. The highest BCUT2D eigenvalue weighted by molar-refractivity contribution is 5.99. The molecule has 0 saturated carbocycles. The Morgan fingerprint density at radius 1 is 0.821 bits per heavy atom. The molecule has 0 amide bonds. The Hall–Kier alpha value is -3.19. The molecule has 2 heterocycles. The first-order valence-corrected chi connectivity index (χ1v) is 9.95. The fourth-order valence-corrected chi connectivity index (χ4v) is 5.48. The van der Waals surface area contributed by atoms with Gasteiger partial charge in [0.15, 0.2) is 11.9 Å². The van der Waals surface area contributed by atoms with Crippen molar-refractivity contribution in [2.45, 2.75) is 25.7 Å². The molecule has 3 aromatic carbocycles. The van der Waals surface area contributed by atoms with Gasteiger partial charge in [-0.05, 0) is 51.2 Å². The summed E-state index contributed by atoms with van der Waals surface area (Å²) in [6.45, 7) is 9.11. The lowest BCUT2D eigenvalue weighted by Crippen LogP contribution is -2.38. The number of hydrogen-bond acceptors (Lipinski definition) is 0. The van der Waals surface area contributed by atoms with Crippen molar-refractivity contribution >= 4 is 16.5 Å². The van der Waals surface area contributed by atoms with Crippen molar-refractivity contribution < 1.29 is 4.57 Å². The third-order valence-electron chi connectivity index (χ3n) is 6.61. The highest BCUT2D eigenvalue weighted by Gasteiger charge is 2.42. The number of hydrogen-bond donors (Lipinski definition) is 0. The van der Waals surface area contributed by atoms with E-state index in [0.717, 1.165) is 12.1 Å². The molecule has 28 heavy (non-hydrogen) atoms. The second-order valence-electron chi connectivity index (χ2n) is 8.56. The van der Waals surface area contributed by atoms with Gasteiger partial charge in [0, 0.05) is 17.5 Å². The van der Waals surface area contributed by atoms with Gasteiger partial charge in [-0.25, -0.2) is 0 Å². The Bertz CT molecular complexity index is 1320. The van der Waals surface area contributed by atoms with Gasteiger partial charge >= 0.3 is 0 Å². The molecule has 0 bridgehead atoms. The molecule has 0 saturated heterocycles. The van der Waals surface area contributed by atoms with Gasteiger partial charge in [-0.2, -0.15) is 4.57 Å². The van der Waals surface area contributed by atoms with Gasteiger partial charge in [0.1, 0.15) is 0 Å². The van der Waals surface area contributed by atoms with E-state index in [1.807, 2.05) is 0 Å². The first-order chi connectivity index (χ1) is 13.6. The molecule has 1 nitrogen and oxygen atoms in total. The summed E-state index contributed by atoms with van der Waals surface area (Å²) in [7, 11) is 0. The van der Waals surface area contributed by atoms with Crippen LogP contribution < -0.4 is 4.57 Å². The predicted octanol–water partition coefficient (Wildman–Crippen LogP) is 6.13. The molecule has 6 rings (SSSR count). The van der Waals surface area contributed by atoms with Crippen molar-refractivity contribution in [3.05, 3.63) is 96.2 Å². The monoisotopic (exact) mass is 360 g/mol. The Kier molecular flexibility index (Phi) is 2.94. The lowest BCUT2D eigenvalue weighted by molar-refractivity contribution is -0.572. The van der Waals surface area contributed by atoms with Crippen LogP contribution in [0, 0.1) is 0 Å². The maximum Gasteiger partial charge on any atom is 0.218 e. The third-order valence-corrected chi connectivity index (χ3v) is 6.61. The number of rotatable bonds is 0. The van der Waals surface area contributed by atoms with E-state index >= 15 is 0 Å². The summed E-state index contributed by atoms with van der Waals surface area (Å²) in [5.74, 6) is 0. The van der Waals surface area contributed by atoms with Crippen LogP contribution in [0.3, 0.4) is 0 Å². The van der Waals surface area contributed by atoms with Crippen LogP contribution in [0.5, 0.6) is 0 Å². The van der Waals surface area contributed by atoms with Gasteiger partial charge in [-0.15, -0.1) is 0 Å². The molecule has 1 heteroatoms. The second-order valence-corrected chi connectivity index (χ2v) is 8.56. The lowest BCUT2D eigenvalue weighted by Gasteiger charge is -2.27. The summed E-state index contributed by atoms with van der Waals surface area (Å²) in [4.78, 5) is 0. The summed E-state index contributed by atoms with van der Waals surface area (Å²) < 4.78 is 2.26. The fraction of sp³-hybridized carbons (Fsp3) is 0.148. The molecule has 0 unspecified atom stereocenters. The molecule has 0 spiro atoms. The largest absolute Gasteiger partial charge is 0.218 e. The average Bonchev–Trinajstić information content (AvgIpc) is 2.95. The fourth-order valence-electron chi connectivity index (χ4n) is 5.48. The smallest absolute Gasteiger partial charge is 0.164 e. The van der Waals surface area contributed by atoms with Crippen LogP contribution in [-0.4, -0.2) is 0 Å². The summed E-state index contributed by atoms with van der Waals surface area (Å²) in [6.07, 6.45) is 3.04. The predicted molar refractivity (Wildman–Crippen MR) is 116 cm³/mol. The van der Waals surface area contributed by atoms with E-state index in [0.29, 0.717) is 0 Å². The Morgan fingerprint density at radius 2 is 1.57 bits per heavy atom. The van der Waals surface area contributed by atoms with Crippen LogP contribution in [0.1, 0.15) is 30.5 Å². The van der Waals surface area contributed by atoms with Crippen LogP contribution in [0.15, 0.2) is 79.5 Å². The van der Waals surface area contributed by atoms with Gasteiger partial charge in [-0.3, -0.25) is 0 Å². The highest BCUT2D eigenvalue weighted by Crippen LogP contribution is 2.55. The standard InChI is InChI=1S/C27H22N/c1-17-16-19-12-14-22-21-13-11-18-8-4-5-9-20(18)25(21)27(2,3)26(22)24(19)23-10-6-7-15-28(17)23/h4-15H,1,16H2,2-3H3/q+1. The molecule has 0 N–H and O–H groups in total. The zero-order valence-corrected chi connectivity index (χ0v) is 16.3. The summed E-state index contributed by atoms with van der Waals surface area (Å²) in [5, 5.41) is 2.69. The number of pyridine rings is 1. The van der Waals surface area contributed by atoms with E-state index < -0.39 is 0 Å². The van der Waals surface area contributed by atoms with Gasteiger partial charge < -0.3 is 0 Å². The third kappa shape index (κ3) is 1.84. The van der Waals surface area contributed by atoms with Crippen molar-refractivity contribution in [1.29, 1.82) is 0 Å². The molecule has 4 aromatic rings. The Balaban J connectivity index is 1.75. The molecular formula is C27H22N+. The van der Waals surface area contributed by atoms with Crippen LogP contribution in [0.25, 0.3) is 38.9 Å². The van der Waals surface area contributed by atoms with E-state index in [4.69, 9.17) is 0 Å². The van der Waals surface area contributed by atoms with E-state index in [-0.39, 0.29) is 5.41 Å². The topological polar surface area (TPSA) is 3.88 Å². The molecule has 0 radical (unpaired) electrons. The number of benzene rings is 3. The van der Waals surface area contributed by atoms with E-state index in [2.05, 4.69) is 97.9 Å². The van der Waals surface area contributed by atoms with Crippen LogP contribution >= 0.6 is 0 Å². The first kappa shape index (κ1) is 15.8. The average molecular weight is 360 g/mol. The van der Waals surface area contributed by atoms with Crippen molar-refractivity contribution in [1.82, 2.24) is 0 Å². The quantitative estimate of drug-likeness (QED) is 0.332. The lowest BCUT2D eigenvalue weighted by atomic mass is 9.76. The van der Waals surface area contributed by atoms with E-state index in [1.54, 1.807) is 0 Å². The van der Waals surface area contributed by atoms with Crippen molar-refractivity contribution in [3.8, 4) is 22.4 Å². The number of aromatic nitrogens is 1. The molecule has 2 aliphatic rings. The number of nitrogens with zero attached hydrogens (tertiary/aromatic N) is 1. The maximum absolute atomic E-state index is 4.33.